The van der Waals surface area contributed by atoms with E-state index in [9.17, 15) is 4.79 Å². The van der Waals surface area contributed by atoms with E-state index in [1.807, 2.05) is 59.5 Å². The number of anilines is 1. The Labute approximate surface area is 161 Å². The van der Waals surface area contributed by atoms with Gasteiger partial charge in [-0.1, -0.05) is 32.0 Å². The second-order valence-electron chi connectivity index (χ2n) is 7.38. The van der Waals surface area contributed by atoms with Crippen LogP contribution < -0.4 is 10.1 Å². The van der Waals surface area contributed by atoms with Gasteiger partial charge in [0.05, 0.1) is 0 Å². The van der Waals surface area contributed by atoms with E-state index in [4.69, 9.17) is 4.74 Å². The molecule has 2 amide bonds. The Balaban J connectivity index is 1.46. The number of amides is 2. The molecule has 0 unspecified atom stereocenters. The number of hydrogen-bond acceptors (Lipinski definition) is 3. The van der Waals surface area contributed by atoms with Gasteiger partial charge in [-0.3, -0.25) is 4.90 Å². The highest BCUT2D eigenvalue weighted by atomic mass is 16.5. The highest BCUT2D eigenvalue weighted by Gasteiger charge is 2.21. The van der Waals surface area contributed by atoms with Gasteiger partial charge in [0.2, 0.25) is 0 Å². The summed E-state index contributed by atoms with van der Waals surface area (Å²) < 4.78 is 5.78. The fraction of sp³-hybridized carbons (Fsp3) is 0.409. The lowest BCUT2D eigenvalue weighted by Gasteiger charge is -2.35. The summed E-state index contributed by atoms with van der Waals surface area (Å²) >= 11 is 0. The maximum Gasteiger partial charge on any atom is 0.321 e. The van der Waals surface area contributed by atoms with Gasteiger partial charge in [-0.2, -0.15) is 0 Å². The minimum Gasteiger partial charge on any atom is -0.457 e. The van der Waals surface area contributed by atoms with Crippen LogP contribution in [0.25, 0.3) is 0 Å². The predicted molar refractivity (Wildman–Crippen MR) is 109 cm³/mol. The van der Waals surface area contributed by atoms with Gasteiger partial charge in [0, 0.05) is 31.9 Å². The van der Waals surface area contributed by atoms with E-state index in [1.165, 1.54) is 6.42 Å². The van der Waals surface area contributed by atoms with Crippen molar-refractivity contribution in [3.05, 3.63) is 54.6 Å². The molecule has 1 aliphatic rings. The van der Waals surface area contributed by atoms with Gasteiger partial charge in [0.1, 0.15) is 11.5 Å². The summed E-state index contributed by atoms with van der Waals surface area (Å²) in [6.45, 7) is 9.07. The first-order valence-corrected chi connectivity index (χ1v) is 9.71. The molecule has 1 saturated heterocycles. The summed E-state index contributed by atoms with van der Waals surface area (Å²) in [7, 11) is 0. The molecule has 1 aliphatic heterocycles. The number of ether oxygens (including phenoxy) is 1. The van der Waals surface area contributed by atoms with Crippen LogP contribution in [0.15, 0.2) is 54.6 Å². The molecular formula is C22H29N3O2. The van der Waals surface area contributed by atoms with Crippen molar-refractivity contribution >= 4 is 11.7 Å². The summed E-state index contributed by atoms with van der Waals surface area (Å²) in [6, 6.07) is 17.1. The molecule has 2 aromatic carbocycles. The van der Waals surface area contributed by atoms with Crippen molar-refractivity contribution in [1.29, 1.82) is 0 Å². The van der Waals surface area contributed by atoms with E-state index in [0.29, 0.717) is 0 Å². The van der Waals surface area contributed by atoms with Gasteiger partial charge < -0.3 is 15.0 Å². The number of benzene rings is 2. The van der Waals surface area contributed by atoms with Crippen LogP contribution >= 0.6 is 0 Å². The minimum absolute atomic E-state index is 0.0322. The third kappa shape index (κ3) is 6.00. The van der Waals surface area contributed by atoms with Crippen LogP contribution in [0.2, 0.25) is 0 Å². The maximum absolute atomic E-state index is 12.5. The predicted octanol–water partition coefficient (Wildman–Crippen LogP) is 4.67. The fourth-order valence-corrected chi connectivity index (χ4v) is 3.05. The number of para-hydroxylation sites is 1. The molecule has 1 heterocycles. The monoisotopic (exact) mass is 367 g/mol. The second-order valence-corrected chi connectivity index (χ2v) is 7.38. The lowest BCUT2D eigenvalue weighted by atomic mass is 10.1. The van der Waals surface area contributed by atoms with Gasteiger partial charge in [-0.05, 0) is 55.3 Å². The molecule has 0 bridgehead atoms. The topological polar surface area (TPSA) is 44.8 Å². The molecule has 0 radical (unpaired) electrons. The minimum atomic E-state index is -0.0322. The molecule has 5 heteroatoms. The summed E-state index contributed by atoms with van der Waals surface area (Å²) in [5.74, 6) is 2.27. The summed E-state index contributed by atoms with van der Waals surface area (Å²) in [5, 5.41) is 2.98. The molecule has 1 N–H and O–H groups in total. The molecule has 2 aromatic rings. The largest absolute Gasteiger partial charge is 0.457 e. The first kappa shape index (κ1) is 19.2. The summed E-state index contributed by atoms with van der Waals surface area (Å²) in [6.07, 6.45) is 1.21. The zero-order chi connectivity index (χ0) is 19.1. The highest BCUT2D eigenvalue weighted by molar-refractivity contribution is 5.89. The van der Waals surface area contributed by atoms with Gasteiger partial charge in [0.25, 0.3) is 0 Å². The molecular weight excluding hydrogens is 338 g/mol. The number of rotatable bonds is 6. The van der Waals surface area contributed by atoms with Crippen LogP contribution in [0.4, 0.5) is 10.5 Å². The number of hydrogen-bond donors (Lipinski definition) is 1. The van der Waals surface area contributed by atoms with Crippen molar-refractivity contribution in [1.82, 2.24) is 9.80 Å². The van der Waals surface area contributed by atoms with Gasteiger partial charge >= 0.3 is 6.03 Å². The molecule has 0 aromatic heterocycles. The Kier molecular flexibility index (Phi) is 6.71. The average molecular weight is 367 g/mol. The Morgan fingerprint density at radius 2 is 1.59 bits per heavy atom. The molecule has 27 heavy (non-hydrogen) atoms. The smallest absolute Gasteiger partial charge is 0.321 e. The summed E-state index contributed by atoms with van der Waals surface area (Å²) in [4.78, 5) is 16.8. The van der Waals surface area contributed by atoms with Crippen molar-refractivity contribution in [3.8, 4) is 11.5 Å². The van der Waals surface area contributed by atoms with Crippen molar-refractivity contribution in [2.24, 2.45) is 5.92 Å². The Morgan fingerprint density at radius 1 is 0.963 bits per heavy atom. The van der Waals surface area contributed by atoms with Crippen LogP contribution in [-0.2, 0) is 0 Å². The summed E-state index contributed by atoms with van der Waals surface area (Å²) in [5.41, 5.74) is 0.780. The van der Waals surface area contributed by atoms with E-state index >= 15 is 0 Å². The molecule has 0 spiro atoms. The van der Waals surface area contributed by atoms with Crippen LogP contribution in [0.3, 0.4) is 0 Å². The number of nitrogens with one attached hydrogen (secondary N) is 1. The van der Waals surface area contributed by atoms with E-state index in [0.717, 1.165) is 55.8 Å². The Morgan fingerprint density at radius 3 is 2.22 bits per heavy atom. The van der Waals surface area contributed by atoms with Crippen molar-refractivity contribution in [2.75, 3.05) is 38.0 Å². The third-order valence-electron chi connectivity index (χ3n) is 4.77. The van der Waals surface area contributed by atoms with Gasteiger partial charge in [-0.25, -0.2) is 4.79 Å². The van der Waals surface area contributed by atoms with Crippen LogP contribution in [0.1, 0.15) is 20.3 Å². The van der Waals surface area contributed by atoms with Crippen LogP contribution in [-0.4, -0.2) is 48.6 Å². The fourth-order valence-electron chi connectivity index (χ4n) is 3.05. The molecule has 3 rings (SSSR count). The van der Waals surface area contributed by atoms with Crippen molar-refractivity contribution in [2.45, 2.75) is 20.3 Å². The molecule has 5 nitrogen and oxygen atoms in total. The van der Waals surface area contributed by atoms with Crippen molar-refractivity contribution in [3.63, 3.8) is 0 Å². The molecule has 144 valence electrons. The van der Waals surface area contributed by atoms with Crippen LogP contribution in [0, 0.1) is 5.92 Å². The normalized spacial score (nSPS) is 15.0. The van der Waals surface area contributed by atoms with E-state index < -0.39 is 0 Å². The average Bonchev–Trinajstić information content (AvgIpc) is 2.69. The lowest BCUT2D eigenvalue weighted by molar-refractivity contribution is 0.143. The number of nitrogens with zero attached hydrogens (tertiary/aromatic N) is 2. The number of carbonyl (C=O) groups is 1. The third-order valence-corrected chi connectivity index (χ3v) is 4.77. The van der Waals surface area contributed by atoms with Crippen molar-refractivity contribution < 1.29 is 9.53 Å². The Hall–Kier alpha value is -2.53. The highest BCUT2D eigenvalue weighted by Crippen LogP contribution is 2.22. The maximum atomic E-state index is 12.5. The zero-order valence-electron chi connectivity index (χ0n) is 16.2. The SMILES string of the molecule is CC(C)CCN1CCN(C(=O)Nc2ccc(Oc3ccccc3)cc2)CC1. The molecule has 1 fully saturated rings. The molecule has 0 aliphatic carbocycles. The number of carbonyl (C=O) groups excluding carboxylic acids is 1. The molecule has 0 atom stereocenters. The second kappa shape index (κ2) is 9.42. The standard InChI is InChI=1S/C22H29N3O2/c1-18(2)12-13-24-14-16-25(17-15-24)22(26)23-19-8-10-21(11-9-19)27-20-6-4-3-5-7-20/h3-11,18H,12-17H2,1-2H3,(H,23,26). The number of piperazine rings is 1. The quantitative estimate of drug-likeness (QED) is 0.807. The van der Waals surface area contributed by atoms with Gasteiger partial charge in [-0.15, -0.1) is 0 Å². The zero-order valence-corrected chi connectivity index (χ0v) is 16.2. The van der Waals surface area contributed by atoms with Crippen LogP contribution in [0.5, 0.6) is 11.5 Å². The Bertz CT molecular complexity index is 708. The van der Waals surface area contributed by atoms with Gasteiger partial charge in [0.15, 0.2) is 0 Å². The lowest BCUT2D eigenvalue weighted by Crippen LogP contribution is -2.50. The first-order chi connectivity index (χ1) is 13.1. The first-order valence-electron chi connectivity index (χ1n) is 9.71. The van der Waals surface area contributed by atoms with E-state index in [-0.39, 0.29) is 6.03 Å². The van der Waals surface area contributed by atoms with E-state index in [2.05, 4.69) is 24.1 Å². The van der Waals surface area contributed by atoms with E-state index in [1.54, 1.807) is 0 Å². The number of urea groups is 1. The molecule has 0 saturated carbocycles.